The van der Waals surface area contributed by atoms with Crippen LogP contribution in [-0.2, 0) is 11.2 Å². The van der Waals surface area contributed by atoms with Crippen molar-refractivity contribution in [1.82, 2.24) is 10.3 Å². The molecule has 2 aromatic carbocycles. The van der Waals surface area contributed by atoms with Gasteiger partial charge in [-0.1, -0.05) is 30.3 Å². The molecule has 3 rings (SSSR count). The number of nitrogens with zero attached hydrogens (tertiary/aromatic N) is 1. The van der Waals surface area contributed by atoms with Gasteiger partial charge in [0.2, 0.25) is 0 Å². The number of aromatic amines is 1. The Morgan fingerprint density at radius 1 is 1.29 bits per heavy atom. The number of para-hydroxylation sites is 2. The largest absolute Gasteiger partial charge is 0.504 e. The smallest absolute Gasteiger partial charge is 0.261 e. The van der Waals surface area contributed by atoms with Crippen molar-refractivity contribution in [3.63, 3.8) is 0 Å². The van der Waals surface area contributed by atoms with Crippen molar-refractivity contribution < 1.29 is 14.6 Å². The molecule has 142 valence electrons. The standard InChI is InChI=1S/C22H21N3O3/c1-2-28-20-9-5-6-15(21(20)26)12-17(13-23)22(27)24-11-10-16-14-25-19-8-4-3-7-18(16)19/h3-9,12,14,25-26H,2,10-11H2,1H3,(H,24,27)/b17-12-. The summed E-state index contributed by atoms with van der Waals surface area (Å²) in [6, 6.07) is 14.8. The number of hydrogen-bond donors (Lipinski definition) is 3. The molecule has 0 aliphatic rings. The number of H-pyrrole nitrogens is 1. The lowest BCUT2D eigenvalue weighted by molar-refractivity contribution is -0.117. The summed E-state index contributed by atoms with van der Waals surface area (Å²) in [6.07, 6.45) is 3.92. The summed E-state index contributed by atoms with van der Waals surface area (Å²) in [6.45, 7) is 2.61. The Labute approximate surface area is 163 Å². The molecule has 0 aliphatic carbocycles. The van der Waals surface area contributed by atoms with Crippen LogP contribution in [0.15, 0.2) is 54.2 Å². The van der Waals surface area contributed by atoms with E-state index in [0.717, 1.165) is 16.5 Å². The van der Waals surface area contributed by atoms with E-state index in [9.17, 15) is 15.2 Å². The summed E-state index contributed by atoms with van der Waals surface area (Å²) in [5.41, 5.74) is 2.42. The minimum Gasteiger partial charge on any atom is -0.504 e. The Morgan fingerprint density at radius 3 is 2.89 bits per heavy atom. The van der Waals surface area contributed by atoms with E-state index in [1.807, 2.05) is 43.5 Å². The number of aromatic hydroxyl groups is 1. The number of fused-ring (bicyclic) bond motifs is 1. The summed E-state index contributed by atoms with van der Waals surface area (Å²) >= 11 is 0. The number of aromatic nitrogens is 1. The second-order valence-electron chi connectivity index (χ2n) is 6.16. The predicted octanol–water partition coefficient (Wildman–Crippen LogP) is 3.54. The molecule has 0 fully saturated rings. The highest BCUT2D eigenvalue weighted by atomic mass is 16.5. The topological polar surface area (TPSA) is 98.1 Å². The molecule has 6 nitrogen and oxygen atoms in total. The molecule has 0 aliphatic heterocycles. The normalized spacial score (nSPS) is 11.2. The Bertz CT molecular complexity index is 1060. The number of benzene rings is 2. The van der Waals surface area contributed by atoms with Crippen LogP contribution < -0.4 is 10.1 Å². The number of carbonyl (C=O) groups excluding carboxylic acids is 1. The zero-order chi connectivity index (χ0) is 19.9. The first-order valence-electron chi connectivity index (χ1n) is 9.03. The molecule has 6 heteroatoms. The first-order chi connectivity index (χ1) is 13.6. The molecule has 0 atom stereocenters. The maximum absolute atomic E-state index is 12.4. The third-order valence-corrected chi connectivity index (χ3v) is 4.35. The van der Waals surface area contributed by atoms with Crippen LogP contribution in [0.5, 0.6) is 11.5 Å². The predicted molar refractivity (Wildman–Crippen MR) is 108 cm³/mol. The third kappa shape index (κ3) is 4.15. The van der Waals surface area contributed by atoms with Crippen LogP contribution in [0.1, 0.15) is 18.1 Å². The lowest BCUT2D eigenvalue weighted by Gasteiger charge is -2.08. The van der Waals surface area contributed by atoms with Crippen LogP contribution in [0.3, 0.4) is 0 Å². The zero-order valence-electron chi connectivity index (χ0n) is 15.5. The number of nitrogens with one attached hydrogen (secondary N) is 2. The molecule has 1 amide bonds. The summed E-state index contributed by atoms with van der Waals surface area (Å²) < 4.78 is 5.33. The maximum Gasteiger partial charge on any atom is 0.261 e. The van der Waals surface area contributed by atoms with Crippen molar-refractivity contribution in [3.05, 3.63) is 65.4 Å². The average Bonchev–Trinajstić information content (AvgIpc) is 3.12. The molecule has 3 aromatic rings. The Hall–Kier alpha value is -3.72. The van der Waals surface area contributed by atoms with E-state index < -0.39 is 5.91 Å². The van der Waals surface area contributed by atoms with Crippen LogP contribution in [0.2, 0.25) is 0 Å². The van der Waals surface area contributed by atoms with Crippen LogP contribution in [0.4, 0.5) is 0 Å². The summed E-state index contributed by atoms with van der Waals surface area (Å²) in [5, 5.41) is 23.5. The van der Waals surface area contributed by atoms with Crippen molar-refractivity contribution in [2.75, 3.05) is 13.2 Å². The van der Waals surface area contributed by atoms with Crippen molar-refractivity contribution in [1.29, 1.82) is 5.26 Å². The van der Waals surface area contributed by atoms with Crippen LogP contribution >= 0.6 is 0 Å². The van der Waals surface area contributed by atoms with E-state index in [-0.39, 0.29) is 11.3 Å². The number of carbonyl (C=O) groups is 1. The number of amides is 1. The van der Waals surface area contributed by atoms with Gasteiger partial charge in [0.05, 0.1) is 6.61 Å². The first kappa shape index (κ1) is 19.1. The van der Waals surface area contributed by atoms with E-state index in [0.29, 0.717) is 30.9 Å². The number of nitriles is 1. The van der Waals surface area contributed by atoms with E-state index in [1.165, 1.54) is 6.08 Å². The van der Waals surface area contributed by atoms with Crippen LogP contribution in [0.25, 0.3) is 17.0 Å². The van der Waals surface area contributed by atoms with Crippen molar-refractivity contribution in [3.8, 4) is 17.6 Å². The van der Waals surface area contributed by atoms with Crippen LogP contribution in [-0.4, -0.2) is 29.1 Å². The van der Waals surface area contributed by atoms with Crippen molar-refractivity contribution in [2.45, 2.75) is 13.3 Å². The van der Waals surface area contributed by atoms with Gasteiger partial charge in [0.15, 0.2) is 11.5 Å². The molecule has 0 spiro atoms. The van der Waals surface area contributed by atoms with Crippen molar-refractivity contribution in [2.24, 2.45) is 0 Å². The van der Waals surface area contributed by atoms with Gasteiger partial charge in [0.25, 0.3) is 5.91 Å². The van der Waals surface area contributed by atoms with Gasteiger partial charge < -0.3 is 20.1 Å². The first-order valence-corrected chi connectivity index (χ1v) is 9.03. The molecular weight excluding hydrogens is 354 g/mol. The molecule has 0 bridgehead atoms. The molecule has 0 radical (unpaired) electrons. The Morgan fingerprint density at radius 2 is 2.11 bits per heavy atom. The quantitative estimate of drug-likeness (QED) is 0.434. The van der Waals surface area contributed by atoms with Gasteiger partial charge in [-0.3, -0.25) is 4.79 Å². The van der Waals surface area contributed by atoms with Gasteiger partial charge >= 0.3 is 0 Å². The monoisotopic (exact) mass is 375 g/mol. The minimum absolute atomic E-state index is 0.0807. The second kappa shape index (κ2) is 8.78. The summed E-state index contributed by atoms with van der Waals surface area (Å²) in [7, 11) is 0. The summed E-state index contributed by atoms with van der Waals surface area (Å²) in [5.74, 6) is -0.263. The fraction of sp³-hybridized carbons (Fsp3) is 0.182. The summed E-state index contributed by atoms with van der Waals surface area (Å²) in [4.78, 5) is 15.6. The Kier molecular flexibility index (Phi) is 5.97. The number of phenolic OH excluding ortho intramolecular Hbond substituents is 1. The fourth-order valence-electron chi connectivity index (χ4n) is 2.98. The van der Waals surface area contributed by atoms with E-state index in [4.69, 9.17) is 4.74 Å². The molecule has 1 heterocycles. The molecule has 0 unspecified atom stereocenters. The van der Waals surface area contributed by atoms with Crippen LogP contribution in [0, 0.1) is 11.3 Å². The number of phenols is 1. The van der Waals surface area contributed by atoms with E-state index >= 15 is 0 Å². The van der Waals surface area contributed by atoms with Gasteiger partial charge in [-0.15, -0.1) is 0 Å². The number of ether oxygens (including phenoxy) is 1. The van der Waals surface area contributed by atoms with Gasteiger partial charge in [0, 0.05) is 29.2 Å². The van der Waals surface area contributed by atoms with Gasteiger partial charge in [-0.2, -0.15) is 5.26 Å². The van der Waals surface area contributed by atoms with Crippen molar-refractivity contribution >= 4 is 22.9 Å². The molecule has 0 saturated carbocycles. The van der Waals surface area contributed by atoms with E-state index in [1.54, 1.807) is 18.2 Å². The molecular formula is C22H21N3O3. The van der Waals surface area contributed by atoms with Gasteiger partial charge in [-0.25, -0.2) is 0 Å². The number of hydrogen-bond acceptors (Lipinski definition) is 4. The lowest BCUT2D eigenvalue weighted by atomic mass is 10.1. The zero-order valence-corrected chi connectivity index (χ0v) is 15.5. The minimum atomic E-state index is -0.483. The number of rotatable bonds is 7. The highest BCUT2D eigenvalue weighted by molar-refractivity contribution is 6.02. The molecule has 28 heavy (non-hydrogen) atoms. The molecule has 3 N–H and O–H groups in total. The third-order valence-electron chi connectivity index (χ3n) is 4.35. The fourth-order valence-corrected chi connectivity index (χ4v) is 2.98. The molecule has 0 saturated heterocycles. The second-order valence-corrected chi connectivity index (χ2v) is 6.16. The Balaban J connectivity index is 1.68. The SMILES string of the molecule is CCOc1cccc(/C=C(/C#N)C(=O)NCCc2c[nH]c3ccccc23)c1O. The highest BCUT2D eigenvalue weighted by Crippen LogP contribution is 2.31. The highest BCUT2D eigenvalue weighted by Gasteiger charge is 2.12. The lowest BCUT2D eigenvalue weighted by Crippen LogP contribution is -2.26. The molecule has 1 aromatic heterocycles. The van der Waals surface area contributed by atoms with Gasteiger partial charge in [-0.05, 0) is 37.1 Å². The maximum atomic E-state index is 12.4. The van der Waals surface area contributed by atoms with Gasteiger partial charge in [0.1, 0.15) is 11.6 Å². The van der Waals surface area contributed by atoms with E-state index in [2.05, 4.69) is 10.3 Å². The average molecular weight is 375 g/mol.